The van der Waals surface area contributed by atoms with E-state index in [0.29, 0.717) is 6.54 Å². The maximum absolute atomic E-state index is 12.7. The number of aromatic amines is 1. The Labute approximate surface area is 165 Å². The first-order valence-corrected chi connectivity index (χ1v) is 9.81. The lowest BCUT2D eigenvalue weighted by Crippen LogP contribution is -2.45. The van der Waals surface area contributed by atoms with Crippen molar-refractivity contribution in [3.63, 3.8) is 0 Å². The second kappa shape index (κ2) is 7.98. The summed E-state index contributed by atoms with van der Waals surface area (Å²) in [5.74, 6) is 0.176. The maximum Gasteiger partial charge on any atom is 0.239 e. The van der Waals surface area contributed by atoms with Gasteiger partial charge in [-0.1, -0.05) is 60.7 Å². The van der Waals surface area contributed by atoms with E-state index in [2.05, 4.69) is 58.9 Å². The molecule has 28 heavy (non-hydrogen) atoms. The summed E-state index contributed by atoms with van der Waals surface area (Å²) in [6.45, 7) is 3.23. The van der Waals surface area contributed by atoms with Gasteiger partial charge in [0.1, 0.15) is 0 Å². The summed E-state index contributed by atoms with van der Waals surface area (Å²) in [5, 5.41) is 11.0. The fraction of sp³-hybridized carbons (Fsp3) is 0.304. The van der Waals surface area contributed by atoms with Gasteiger partial charge in [0.15, 0.2) is 0 Å². The molecule has 0 aliphatic carbocycles. The average Bonchev–Trinajstić information content (AvgIpc) is 3.17. The molecule has 4 rings (SSSR count). The van der Waals surface area contributed by atoms with Gasteiger partial charge in [-0.05, 0) is 25.1 Å². The minimum atomic E-state index is -0.184. The summed E-state index contributed by atoms with van der Waals surface area (Å²) in [6, 6.07) is 20.7. The summed E-state index contributed by atoms with van der Waals surface area (Å²) >= 11 is 0. The van der Waals surface area contributed by atoms with Gasteiger partial charge in [-0.15, -0.1) is 0 Å². The Hall–Kier alpha value is -2.92. The Kier molecular flexibility index (Phi) is 5.26. The van der Waals surface area contributed by atoms with E-state index in [9.17, 15) is 4.79 Å². The van der Waals surface area contributed by atoms with Crippen LogP contribution in [0.3, 0.4) is 0 Å². The van der Waals surface area contributed by atoms with Crippen molar-refractivity contribution in [3.8, 4) is 0 Å². The first-order chi connectivity index (χ1) is 13.7. The molecular formula is C23H26N4O. The predicted octanol–water partition coefficient (Wildman–Crippen LogP) is 3.08. The topological polar surface area (TPSA) is 61.0 Å². The number of fused-ring (bicyclic) bond motifs is 1. The van der Waals surface area contributed by atoms with Crippen molar-refractivity contribution in [3.05, 3.63) is 88.7 Å². The minimum Gasteiger partial charge on any atom is -0.336 e. The third-order valence-corrected chi connectivity index (χ3v) is 5.62. The molecule has 0 saturated heterocycles. The fourth-order valence-corrected chi connectivity index (χ4v) is 3.94. The number of carbonyl (C=O) groups is 1. The van der Waals surface area contributed by atoms with Crippen LogP contribution >= 0.6 is 0 Å². The lowest BCUT2D eigenvalue weighted by Gasteiger charge is -2.30. The number of hydrogen-bond donors (Lipinski definition) is 2. The smallest absolute Gasteiger partial charge is 0.239 e. The summed E-state index contributed by atoms with van der Waals surface area (Å²) in [5.41, 5.74) is 5.72. The van der Waals surface area contributed by atoms with Gasteiger partial charge in [-0.25, -0.2) is 0 Å². The number of likely N-dealkylation sites (N-methyl/N-ethyl adjacent to an activating group) is 1. The molecule has 144 valence electrons. The van der Waals surface area contributed by atoms with Crippen LogP contribution in [0.25, 0.3) is 0 Å². The predicted molar refractivity (Wildman–Crippen MR) is 110 cm³/mol. The number of amides is 1. The molecule has 0 fully saturated rings. The van der Waals surface area contributed by atoms with Crippen LogP contribution in [0, 0.1) is 0 Å². The lowest BCUT2D eigenvalue weighted by atomic mass is 9.85. The third kappa shape index (κ3) is 3.45. The molecule has 2 aromatic carbocycles. The van der Waals surface area contributed by atoms with Gasteiger partial charge in [-0.3, -0.25) is 9.89 Å². The number of nitrogens with zero attached hydrogens (tertiary/aromatic N) is 2. The molecule has 1 aromatic heterocycles. The summed E-state index contributed by atoms with van der Waals surface area (Å²) < 4.78 is 0. The molecule has 2 heterocycles. The van der Waals surface area contributed by atoms with Gasteiger partial charge in [0, 0.05) is 30.8 Å². The van der Waals surface area contributed by atoms with Crippen LogP contribution in [-0.4, -0.2) is 40.6 Å². The SMILES string of the molecule is CNC(C)C(=O)N1CCc2[nH]nc(C(c3ccccc3)c3ccccc3)c2C1. The molecule has 0 bridgehead atoms. The van der Waals surface area contributed by atoms with E-state index in [1.807, 2.05) is 31.0 Å². The van der Waals surface area contributed by atoms with Crippen LogP contribution in [0.15, 0.2) is 60.7 Å². The Morgan fingerprint density at radius 2 is 1.68 bits per heavy atom. The van der Waals surface area contributed by atoms with E-state index < -0.39 is 0 Å². The van der Waals surface area contributed by atoms with Crippen LogP contribution in [0.5, 0.6) is 0 Å². The Morgan fingerprint density at radius 1 is 1.07 bits per heavy atom. The van der Waals surface area contributed by atoms with Crippen molar-refractivity contribution in [2.24, 2.45) is 0 Å². The van der Waals surface area contributed by atoms with E-state index in [1.54, 1.807) is 0 Å². The van der Waals surface area contributed by atoms with Gasteiger partial charge in [-0.2, -0.15) is 5.10 Å². The highest BCUT2D eigenvalue weighted by atomic mass is 16.2. The van der Waals surface area contributed by atoms with Crippen molar-refractivity contribution >= 4 is 5.91 Å². The van der Waals surface area contributed by atoms with Crippen molar-refractivity contribution in [2.45, 2.75) is 31.8 Å². The standard InChI is InChI=1S/C23H26N4O/c1-16(24-2)23(28)27-14-13-20-19(15-27)22(26-25-20)21(17-9-5-3-6-10-17)18-11-7-4-8-12-18/h3-12,16,21,24H,13-15H2,1-2H3,(H,25,26). The summed E-state index contributed by atoms with van der Waals surface area (Å²) in [6.07, 6.45) is 0.806. The Balaban J connectivity index is 1.74. The van der Waals surface area contributed by atoms with Crippen LogP contribution in [-0.2, 0) is 17.8 Å². The minimum absolute atomic E-state index is 0.0409. The monoisotopic (exact) mass is 374 g/mol. The molecule has 3 aromatic rings. The Morgan fingerprint density at radius 3 is 2.25 bits per heavy atom. The molecular weight excluding hydrogens is 348 g/mol. The van der Waals surface area contributed by atoms with Crippen LogP contribution in [0.2, 0.25) is 0 Å². The van der Waals surface area contributed by atoms with Crippen LogP contribution in [0.4, 0.5) is 0 Å². The molecule has 1 aliphatic heterocycles. The number of aromatic nitrogens is 2. The highest BCUT2D eigenvalue weighted by Gasteiger charge is 2.31. The normalized spacial score (nSPS) is 14.8. The van der Waals surface area contributed by atoms with Gasteiger partial charge in [0.05, 0.1) is 17.7 Å². The van der Waals surface area contributed by atoms with Crippen LogP contribution < -0.4 is 5.32 Å². The van der Waals surface area contributed by atoms with Crippen molar-refractivity contribution in [1.82, 2.24) is 20.4 Å². The molecule has 0 radical (unpaired) electrons. The number of carbonyl (C=O) groups excluding carboxylic acids is 1. The molecule has 2 N–H and O–H groups in total. The van der Waals surface area contributed by atoms with E-state index in [4.69, 9.17) is 5.10 Å². The largest absolute Gasteiger partial charge is 0.336 e. The van der Waals surface area contributed by atoms with Gasteiger partial charge in [0.2, 0.25) is 5.91 Å². The van der Waals surface area contributed by atoms with Gasteiger partial charge < -0.3 is 10.2 Å². The quantitative estimate of drug-likeness (QED) is 0.721. The zero-order valence-corrected chi connectivity index (χ0v) is 16.4. The second-order valence-electron chi connectivity index (χ2n) is 7.34. The molecule has 1 unspecified atom stereocenters. The van der Waals surface area contributed by atoms with E-state index in [1.165, 1.54) is 11.1 Å². The number of hydrogen-bond acceptors (Lipinski definition) is 3. The molecule has 0 saturated carbocycles. The van der Waals surface area contributed by atoms with E-state index >= 15 is 0 Å². The van der Waals surface area contributed by atoms with Crippen molar-refractivity contribution in [2.75, 3.05) is 13.6 Å². The highest BCUT2D eigenvalue weighted by Crippen LogP contribution is 2.35. The molecule has 1 aliphatic rings. The van der Waals surface area contributed by atoms with Crippen molar-refractivity contribution in [1.29, 1.82) is 0 Å². The Bertz CT molecular complexity index is 896. The molecule has 5 nitrogen and oxygen atoms in total. The number of H-pyrrole nitrogens is 1. The lowest BCUT2D eigenvalue weighted by molar-refractivity contribution is -0.133. The summed E-state index contributed by atoms with van der Waals surface area (Å²) in [4.78, 5) is 14.7. The van der Waals surface area contributed by atoms with Gasteiger partial charge >= 0.3 is 0 Å². The zero-order chi connectivity index (χ0) is 19.5. The number of nitrogens with one attached hydrogen (secondary N) is 2. The second-order valence-corrected chi connectivity index (χ2v) is 7.34. The summed E-state index contributed by atoms with van der Waals surface area (Å²) in [7, 11) is 1.82. The third-order valence-electron chi connectivity index (χ3n) is 5.62. The fourth-order valence-electron chi connectivity index (χ4n) is 3.94. The zero-order valence-electron chi connectivity index (χ0n) is 16.4. The average molecular weight is 374 g/mol. The molecule has 1 atom stereocenters. The first kappa shape index (κ1) is 18.4. The number of rotatable bonds is 5. The van der Waals surface area contributed by atoms with Gasteiger partial charge in [0.25, 0.3) is 0 Å². The van der Waals surface area contributed by atoms with Crippen molar-refractivity contribution < 1.29 is 4.79 Å². The van der Waals surface area contributed by atoms with Crippen LogP contribution in [0.1, 0.15) is 40.9 Å². The molecule has 0 spiro atoms. The maximum atomic E-state index is 12.7. The first-order valence-electron chi connectivity index (χ1n) is 9.81. The molecule has 5 heteroatoms. The van der Waals surface area contributed by atoms with E-state index in [0.717, 1.165) is 29.9 Å². The van der Waals surface area contributed by atoms with E-state index in [-0.39, 0.29) is 17.9 Å². The molecule has 1 amide bonds. The number of benzene rings is 2. The highest BCUT2D eigenvalue weighted by molar-refractivity contribution is 5.81.